The number of aliphatic hydroxyl groups excluding tert-OH is 3. The molecule has 22 heavy (non-hydrogen) atoms. The minimum Gasteiger partial charge on any atom is -0.455 e. The van der Waals surface area contributed by atoms with E-state index in [4.69, 9.17) is 19.7 Å². The van der Waals surface area contributed by atoms with Crippen LogP contribution in [-0.4, -0.2) is 55.8 Å². The van der Waals surface area contributed by atoms with Gasteiger partial charge in [-0.1, -0.05) is 0 Å². The van der Waals surface area contributed by atoms with E-state index in [1.165, 1.54) is 0 Å². The number of aromatic nitrogens is 2. The fourth-order valence-electron chi connectivity index (χ4n) is 2.24. The molecule has 1 aliphatic heterocycles. The van der Waals surface area contributed by atoms with Crippen molar-refractivity contribution < 1.29 is 29.6 Å². The zero-order valence-corrected chi connectivity index (χ0v) is 11.6. The van der Waals surface area contributed by atoms with Crippen LogP contribution in [-0.2, 0) is 20.9 Å². The van der Waals surface area contributed by atoms with Gasteiger partial charge < -0.3 is 24.8 Å². The number of esters is 1. The number of hydrogen-bond donors (Lipinski definition) is 4. The maximum Gasteiger partial charge on any atom is 0.330 e. The van der Waals surface area contributed by atoms with Gasteiger partial charge in [0.1, 0.15) is 12.2 Å². The molecule has 4 N–H and O–H groups in total. The van der Waals surface area contributed by atoms with E-state index < -0.39 is 55.0 Å². The van der Waals surface area contributed by atoms with Gasteiger partial charge in [0.15, 0.2) is 12.3 Å². The average molecular weight is 316 g/mol. The summed E-state index contributed by atoms with van der Waals surface area (Å²) in [6.07, 6.45) is -3.86. The maximum atomic E-state index is 11.9. The molecule has 10 heteroatoms. The second-order valence-corrected chi connectivity index (χ2v) is 4.79. The van der Waals surface area contributed by atoms with Crippen molar-refractivity contribution in [2.75, 3.05) is 6.61 Å². The first-order valence-electron chi connectivity index (χ1n) is 6.45. The molecule has 2 heterocycles. The van der Waals surface area contributed by atoms with Gasteiger partial charge in [0.05, 0.1) is 18.8 Å². The summed E-state index contributed by atoms with van der Waals surface area (Å²) in [5, 5.41) is 28.2. The molecule has 1 aliphatic rings. The van der Waals surface area contributed by atoms with Crippen molar-refractivity contribution in [2.24, 2.45) is 0 Å². The fraction of sp³-hybridized carbons (Fsp3) is 0.583. The van der Waals surface area contributed by atoms with Gasteiger partial charge in [-0.05, 0) is 0 Å². The van der Waals surface area contributed by atoms with Crippen molar-refractivity contribution in [3.05, 3.63) is 32.6 Å². The molecule has 0 aromatic carbocycles. The van der Waals surface area contributed by atoms with Gasteiger partial charge in [0, 0.05) is 13.1 Å². The molecule has 0 radical (unpaired) electrons. The third kappa shape index (κ3) is 2.95. The molecule has 1 fully saturated rings. The summed E-state index contributed by atoms with van der Waals surface area (Å²) in [6.45, 7) is -0.0578. The van der Waals surface area contributed by atoms with Crippen molar-refractivity contribution in [1.29, 1.82) is 0 Å². The number of aliphatic hydroxyl groups is 3. The SMILES string of the molecule is CC(=O)O[C@H]1C(O)[C@@H](CO)O[C@H]1n1cc(CO)c(=O)[nH]c1=O. The number of nitrogens with one attached hydrogen (secondary N) is 1. The lowest BCUT2D eigenvalue weighted by Gasteiger charge is -2.21. The Bertz CT molecular complexity index is 666. The quantitative estimate of drug-likeness (QED) is 0.435. The fourth-order valence-corrected chi connectivity index (χ4v) is 2.24. The first-order chi connectivity index (χ1) is 10.4. The molecule has 122 valence electrons. The predicted octanol–water partition coefficient (Wildman–Crippen LogP) is -2.79. The van der Waals surface area contributed by atoms with Crippen LogP contribution < -0.4 is 11.2 Å². The lowest BCUT2D eigenvalue weighted by Crippen LogP contribution is -2.41. The number of carbonyl (C=O) groups is 1. The van der Waals surface area contributed by atoms with Crippen LogP contribution in [0.3, 0.4) is 0 Å². The Morgan fingerprint density at radius 1 is 1.45 bits per heavy atom. The zero-order valence-electron chi connectivity index (χ0n) is 11.6. The Morgan fingerprint density at radius 2 is 2.14 bits per heavy atom. The Hall–Kier alpha value is -2.01. The Kier molecular flexibility index (Phi) is 4.76. The summed E-state index contributed by atoms with van der Waals surface area (Å²) >= 11 is 0. The average Bonchev–Trinajstić information content (AvgIpc) is 2.75. The molecule has 0 spiro atoms. The van der Waals surface area contributed by atoms with Crippen LogP contribution in [0, 0.1) is 0 Å². The first-order valence-corrected chi connectivity index (χ1v) is 6.45. The standard InChI is InChI=1S/C12H16N2O8/c1-5(17)21-9-8(18)7(4-16)22-11(9)14-2-6(3-15)10(19)13-12(14)20/h2,7-9,11,15-16,18H,3-4H2,1H3,(H,13,19,20)/t7-,8?,9+,11-/m1/s1. The van der Waals surface area contributed by atoms with E-state index in [9.17, 15) is 19.5 Å². The Balaban J connectivity index is 2.46. The number of ether oxygens (including phenoxy) is 2. The van der Waals surface area contributed by atoms with Crippen LogP contribution in [0.4, 0.5) is 0 Å². The number of rotatable bonds is 4. The summed E-state index contributed by atoms with van der Waals surface area (Å²) in [7, 11) is 0. The number of nitrogens with zero attached hydrogens (tertiary/aromatic N) is 1. The highest BCUT2D eigenvalue weighted by atomic mass is 16.6. The highest BCUT2D eigenvalue weighted by Crippen LogP contribution is 2.30. The number of aromatic amines is 1. The third-order valence-corrected chi connectivity index (χ3v) is 3.28. The van der Waals surface area contributed by atoms with E-state index in [0.717, 1.165) is 17.7 Å². The molecule has 0 bridgehead atoms. The van der Waals surface area contributed by atoms with Crippen molar-refractivity contribution >= 4 is 5.97 Å². The van der Waals surface area contributed by atoms with Crippen molar-refractivity contribution in [3.8, 4) is 0 Å². The molecular weight excluding hydrogens is 300 g/mol. The molecule has 10 nitrogen and oxygen atoms in total. The zero-order chi connectivity index (χ0) is 16.4. The third-order valence-electron chi connectivity index (χ3n) is 3.28. The van der Waals surface area contributed by atoms with Gasteiger partial charge in [-0.2, -0.15) is 0 Å². The molecule has 4 atom stereocenters. The summed E-state index contributed by atoms with van der Waals surface area (Å²) in [5.41, 5.74) is -1.73. The lowest BCUT2D eigenvalue weighted by molar-refractivity contribution is -0.156. The van der Waals surface area contributed by atoms with Gasteiger partial charge in [0.2, 0.25) is 0 Å². The first kappa shape index (κ1) is 16.4. The number of carbonyl (C=O) groups excluding carboxylic acids is 1. The smallest absolute Gasteiger partial charge is 0.330 e. The van der Waals surface area contributed by atoms with Gasteiger partial charge in [-0.15, -0.1) is 0 Å². The summed E-state index contributed by atoms with van der Waals surface area (Å²) in [6, 6.07) is 0. The minimum absolute atomic E-state index is 0.105. The molecule has 0 amide bonds. The van der Waals surface area contributed by atoms with Crippen molar-refractivity contribution in [1.82, 2.24) is 9.55 Å². The van der Waals surface area contributed by atoms with Gasteiger partial charge in [-0.3, -0.25) is 19.1 Å². The summed E-state index contributed by atoms with van der Waals surface area (Å²) in [5.74, 6) is -0.712. The number of H-pyrrole nitrogens is 1. The van der Waals surface area contributed by atoms with Gasteiger partial charge >= 0.3 is 11.7 Å². The maximum absolute atomic E-state index is 11.9. The molecule has 1 aromatic rings. The highest BCUT2D eigenvalue weighted by molar-refractivity contribution is 5.66. The van der Waals surface area contributed by atoms with E-state index in [-0.39, 0.29) is 5.56 Å². The van der Waals surface area contributed by atoms with Crippen molar-refractivity contribution in [3.63, 3.8) is 0 Å². The number of hydrogen-bond acceptors (Lipinski definition) is 8. The van der Waals surface area contributed by atoms with E-state index in [2.05, 4.69) is 0 Å². The summed E-state index contributed by atoms with van der Waals surface area (Å²) < 4.78 is 11.2. The molecule has 2 rings (SSSR count). The van der Waals surface area contributed by atoms with E-state index in [1.807, 2.05) is 4.98 Å². The monoisotopic (exact) mass is 316 g/mol. The summed E-state index contributed by atoms with van der Waals surface area (Å²) in [4.78, 5) is 36.5. The largest absolute Gasteiger partial charge is 0.455 e. The molecular formula is C12H16N2O8. The van der Waals surface area contributed by atoms with Crippen LogP contribution in [0.2, 0.25) is 0 Å². The second-order valence-electron chi connectivity index (χ2n) is 4.79. The van der Waals surface area contributed by atoms with Crippen LogP contribution >= 0.6 is 0 Å². The second kappa shape index (κ2) is 6.40. The van der Waals surface area contributed by atoms with Gasteiger partial charge in [-0.25, -0.2) is 4.79 Å². The topological polar surface area (TPSA) is 151 Å². The molecule has 0 saturated carbocycles. The highest BCUT2D eigenvalue weighted by Gasteiger charge is 2.47. The van der Waals surface area contributed by atoms with Crippen LogP contribution in [0.25, 0.3) is 0 Å². The van der Waals surface area contributed by atoms with Crippen LogP contribution in [0.15, 0.2) is 15.8 Å². The molecule has 1 aromatic heterocycles. The Labute approximate surface area is 123 Å². The van der Waals surface area contributed by atoms with Crippen LogP contribution in [0.1, 0.15) is 18.7 Å². The van der Waals surface area contributed by atoms with E-state index >= 15 is 0 Å². The molecule has 1 saturated heterocycles. The van der Waals surface area contributed by atoms with E-state index in [0.29, 0.717) is 0 Å². The Morgan fingerprint density at radius 3 is 2.68 bits per heavy atom. The lowest BCUT2D eigenvalue weighted by atomic mass is 10.1. The van der Waals surface area contributed by atoms with Crippen molar-refractivity contribution in [2.45, 2.75) is 38.1 Å². The molecule has 1 unspecified atom stereocenters. The minimum atomic E-state index is -1.35. The normalized spacial score (nSPS) is 27.8. The van der Waals surface area contributed by atoms with E-state index in [1.54, 1.807) is 0 Å². The predicted molar refractivity (Wildman–Crippen MR) is 69.8 cm³/mol. The van der Waals surface area contributed by atoms with Crippen LogP contribution in [0.5, 0.6) is 0 Å². The van der Waals surface area contributed by atoms with Gasteiger partial charge in [0.25, 0.3) is 5.56 Å². The molecule has 0 aliphatic carbocycles.